The third-order valence-electron chi connectivity index (χ3n) is 2.28. The minimum atomic E-state index is -1.16. The topological polar surface area (TPSA) is 78.4 Å². The van der Waals surface area contributed by atoms with Crippen molar-refractivity contribution in [3.8, 4) is 0 Å². The molecule has 0 atom stereocenters. The number of benzene rings is 1. The minimum Gasteiger partial charge on any atom is -0.478 e. The van der Waals surface area contributed by atoms with E-state index < -0.39 is 5.97 Å². The summed E-state index contributed by atoms with van der Waals surface area (Å²) in [4.78, 5) is 22.6. The first-order chi connectivity index (χ1) is 8.56. The Labute approximate surface area is 110 Å². The molecule has 1 rings (SSSR count). The normalized spacial score (nSPS) is 10.1. The first-order valence-electron chi connectivity index (χ1n) is 5.58. The number of halogens is 1. The van der Waals surface area contributed by atoms with E-state index in [1.807, 2.05) is 6.92 Å². The van der Waals surface area contributed by atoms with Gasteiger partial charge in [0.15, 0.2) is 0 Å². The Hall–Kier alpha value is -1.59. The van der Waals surface area contributed by atoms with E-state index in [9.17, 15) is 9.59 Å². The standard InChI is InChI=1S/C12H15ClN2O3/c1-2-14-7-6-10(16)15-9-5-3-4-8(13)11(9)12(17)18/h3-5,14H,2,6-7H2,1H3,(H,15,16)(H,17,18). The zero-order valence-electron chi connectivity index (χ0n) is 10.00. The van der Waals surface area contributed by atoms with Crippen molar-refractivity contribution in [3.63, 3.8) is 0 Å². The van der Waals surface area contributed by atoms with Crippen molar-refractivity contribution in [2.75, 3.05) is 18.4 Å². The smallest absolute Gasteiger partial charge is 0.339 e. The second-order valence-corrected chi connectivity index (χ2v) is 4.03. The predicted molar refractivity (Wildman–Crippen MR) is 70.2 cm³/mol. The highest BCUT2D eigenvalue weighted by molar-refractivity contribution is 6.34. The lowest BCUT2D eigenvalue weighted by Gasteiger charge is -2.09. The highest BCUT2D eigenvalue weighted by atomic mass is 35.5. The molecule has 5 nitrogen and oxygen atoms in total. The van der Waals surface area contributed by atoms with Crippen molar-refractivity contribution in [3.05, 3.63) is 28.8 Å². The Balaban J connectivity index is 2.75. The van der Waals surface area contributed by atoms with Crippen LogP contribution in [0.2, 0.25) is 5.02 Å². The number of carboxylic acid groups (broad SMARTS) is 1. The lowest BCUT2D eigenvalue weighted by Crippen LogP contribution is -2.22. The largest absolute Gasteiger partial charge is 0.478 e. The van der Waals surface area contributed by atoms with Gasteiger partial charge in [-0.3, -0.25) is 4.79 Å². The molecule has 0 aliphatic rings. The van der Waals surface area contributed by atoms with E-state index in [4.69, 9.17) is 16.7 Å². The van der Waals surface area contributed by atoms with Crippen molar-refractivity contribution in [1.82, 2.24) is 5.32 Å². The van der Waals surface area contributed by atoms with E-state index in [1.165, 1.54) is 12.1 Å². The summed E-state index contributed by atoms with van der Waals surface area (Å²) in [6.45, 7) is 3.27. The van der Waals surface area contributed by atoms with Gasteiger partial charge < -0.3 is 15.7 Å². The Morgan fingerprint density at radius 3 is 2.72 bits per heavy atom. The third kappa shape index (κ3) is 4.01. The van der Waals surface area contributed by atoms with Crippen molar-refractivity contribution in [2.45, 2.75) is 13.3 Å². The van der Waals surface area contributed by atoms with E-state index >= 15 is 0 Å². The van der Waals surface area contributed by atoms with Gasteiger partial charge in [-0.25, -0.2) is 4.79 Å². The zero-order valence-corrected chi connectivity index (χ0v) is 10.8. The summed E-state index contributed by atoms with van der Waals surface area (Å²) in [6.07, 6.45) is 0.277. The fraction of sp³-hybridized carbons (Fsp3) is 0.333. The van der Waals surface area contributed by atoms with E-state index in [2.05, 4.69) is 10.6 Å². The molecular weight excluding hydrogens is 256 g/mol. The van der Waals surface area contributed by atoms with Gasteiger partial charge in [0, 0.05) is 13.0 Å². The number of anilines is 1. The molecule has 0 aliphatic heterocycles. The van der Waals surface area contributed by atoms with Crippen molar-refractivity contribution >= 4 is 29.2 Å². The van der Waals surface area contributed by atoms with Gasteiger partial charge in [0.1, 0.15) is 5.56 Å². The average Bonchev–Trinajstić information content (AvgIpc) is 2.28. The predicted octanol–water partition coefficient (Wildman–Crippen LogP) is 1.98. The van der Waals surface area contributed by atoms with E-state index in [-0.39, 0.29) is 28.6 Å². The number of carbonyl (C=O) groups is 2. The van der Waals surface area contributed by atoms with Crippen LogP contribution < -0.4 is 10.6 Å². The van der Waals surface area contributed by atoms with Gasteiger partial charge in [-0.1, -0.05) is 24.6 Å². The summed E-state index contributed by atoms with van der Waals surface area (Å²) < 4.78 is 0. The van der Waals surface area contributed by atoms with Crippen LogP contribution in [0.3, 0.4) is 0 Å². The first-order valence-corrected chi connectivity index (χ1v) is 5.96. The minimum absolute atomic E-state index is 0.0871. The van der Waals surface area contributed by atoms with Crippen LogP contribution in [0.5, 0.6) is 0 Å². The van der Waals surface area contributed by atoms with Crippen LogP contribution in [0.4, 0.5) is 5.69 Å². The molecule has 0 saturated heterocycles. The quantitative estimate of drug-likeness (QED) is 0.691. The monoisotopic (exact) mass is 270 g/mol. The molecule has 6 heteroatoms. The fourth-order valence-electron chi connectivity index (χ4n) is 1.44. The molecule has 0 fully saturated rings. The first kappa shape index (κ1) is 14.5. The number of aromatic carboxylic acids is 1. The molecule has 3 N–H and O–H groups in total. The molecule has 0 aromatic heterocycles. The molecule has 0 aliphatic carbocycles. The molecule has 1 aromatic carbocycles. The summed E-state index contributed by atoms with van der Waals surface area (Å²) in [5, 5.41) is 14.7. The summed E-state index contributed by atoms with van der Waals surface area (Å²) >= 11 is 5.79. The second-order valence-electron chi connectivity index (χ2n) is 3.62. The second kappa shape index (κ2) is 6.98. The summed E-state index contributed by atoms with van der Waals surface area (Å²) in [5.41, 5.74) is 0.132. The Morgan fingerprint density at radius 1 is 1.39 bits per heavy atom. The highest BCUT2D eigenvalue weighted by Crippen LogP contribution is 2.24. The van der Waals surface area contributed by atoms with Gasteiger partial charge in [-0.05, 0) is 18.7 Å². The van der Waals surface area contributed by atoms with E-state index in [0.29, 0.717) is 6.54 Å². The molecular formula is C12H15ClN2O3. The molecule has 1 aromatic rings. The van der Waals surface area contributed by atoms with Gasteiger partial charge in [-0.15, -0.1) is 0 Å². The van der Waals surface area contributed by atoms with Crippen LogP contribution in [0.25, 0.3) is 0 Å². The summed E-state index contributed by atoms with van der Waals surface area (Å²) in [7, 11) is 0. The molecule has 0 saturated carbocycles. The van der Waals surface area contributed by atoms with Crippen molar-refractivity contribution in [1.29, 1.82) is 0 Å². The molecule has 1 amide bonds. The Kier molecular flexibility index (Phi) is 5.61. The van der Waals surface area contributed by atoms with Crippen LogP contribution >= 0.6 is 11.6 Å². The van der Waals surface area contributed by atoms with Gasteiger partial charge in [-0.2, -0.15) is 0 Å². The summed E-state index contributed by atoms with van der Waals surface area (Å²) in [5.74, 6) is -1.41. The van der Waals surface area contributed by atoms with Crippen molar-refractivity contribution < 1.29 is 14.7 Å². The lowest BCUT2D eigenvalue weighted by molar-refractivity contribution is -0.116. The summed E-state index contributed by atoms with van der Waals surface area (Å²) in [6, 6.07) is 4.58. The van der Waals surface area contributed by atoms with Gasteiger partial charge in [0.2, 0.25) is 5.91 Å². The number of hydrogen-bond donors (Lipinski definition) is 3. The van der Waals surface area contributed by atoms with Crippen molar-refractivity contribution in [2.24, 2.45) is 0 Å². The molecule has 18 heavy (non-hydrogen) atoms. The van der Waals surface area contributed by atoms with E-state index in [0.717, 1.165) is 6.54 Å². The van der Waals surface area contributed by atoms with Crippen LogP contribution in [0, 0.1) is 0 Å². The molecule has 98 valence electrons. The van der Waals surface area contributed by atoms with Gasteiger partial charge >= 0.3 is 5.97 Å². The van der Waals surface area contributed by atoms with Gasteiger partial charge in [0.25, 0.3) is 0 Å². The molecule has 0 heterocycles. The number of amides is 1. The maximum Gasteiger partial charge on any atom is 0.339 e. The fourth-order valence-corrected chi connectivity index (χ4v) is 1.69. The van der Waals surface area contributed by atoms with Crippen LogP contribution in [0.1, 0.15) is 23.7 Å². The Morgan fingerprint density at radius 2 is 2.11 bits per heavy atom. The molecule has 0 radical (unpaired) electrons. The maximum atomic E-state index is 11.6. The number of carbonyl (C=O) groups excluding carboxylic acids is 1. The number of hydrogen-bond acceptors (Lipinski definition) is 3. The molecule has 0 unspecified atom stereocenters. The number of carboxylic acids is 1. The zero-order chi connectivity index (χ0) is 13.5. The highest BCUT2D eigenvalue weighted by Gasteiger charge is 2.15. The maximum absolute atomic E-state index is 11.6. The SMILES string of the molecule is CCNCCC(=O)Nc1cccc(Cl)c1C(=O)O. The lowest BCUT2D eigenvalue weighted by atomic mass is 10.1. The van der Waals surface area contributed by atoms with E-state index in [1.54, 1.807) is 6.07 Å². The number of rotatable bonds is 6. The van der Waals surface area contributed by atoms with Crippen LogP contribution in [-0.2, 0) is 4.79 Å². The third-order valence-corrected chi connectivity index (χ3v) is 2.60. The molecule has 0 bridgehead atoms. The van der Waals surface area contributed by atoms with Crippen LogP contribution in [-0.4, -0.2) is 30.1 Å². The number of nitrogens with one attached hydrogen (secondary N) is 2. The van der Waals surface area contributed by atoms with Crippen LogP contribution in [0.15, 0.2) is 18.2 Å². The average molecular weight is 271 g/mol. The van der Waals surface area contributed by atoms with Gasteiger partial charge in [0.05, 0.1) is 10.7 Å². The Bertz CT molecular complexity index is 449. The molecule has 0 spiro atoms.